The van der Waals surface area contributed by atoms with E-state index in [-0.39, 0.29) is 103 Å². The van der Waals surface area contributed by atoms with Gasteiger partial charge in [0.25, 0.3) is 5.91 Å². The number of carbonyl (C=O) groups excluding carboxylic acids is 1. The predicted molar refractivity (Wildman–Crippen MR) is 316 cm³/mol. The Morgan fingerprint density at radius 2 is 0.953 bits per heavy atom. The lowest BCUT2D eigenvalue weighted by atomic mass is 9.68. The molecule has 1 aliphatic rings. The van der Waals surface area contributed by atoms with Crippen molar-refractivity contribution in [1.82, 2.24) is 5.32 Å². The molecule has 0 bridgehead atoms. The lowest BCUT2D eigenvalue weighted by Gasteiger charge is -2.34. The van der Waals surface area contributed by atoms with Crippen LogP contribution in [0.4, 0.5) is 17.1 Å². The maximum atomic E-state index is 13.9. The van der Waals surface area contributed by atoms with Gasteiger partial charge in [0.1, 0.15) is 59.9 Å². The van der Waals surface area contributed by atoms with Crippen LogP contribution in [0, 0.1) is 0 Å². The fraction of sp³-hybridized carbons (Fsp3) is 0.125. The number of carbonyl (C=O) groups is 2. The number of hydrogen-bond donors (Lipinski definition) is 11. The number of hydrogen-bond acceptors (Lipinski definition) is 17. The number of amides is 1. The summed E-state index contributed by atoms with van der Waals surface area (Å²) < 4.78 is 66.5. The van der Waals surface area contributed by atoms with E-state index in [1.165, 1.54) is 72.8 Å². The third-order valence-electron chi connectivity index (χ3n) is 14.5. The number of ether oxygens (including phenoxy) is 2. The van der Waals surface area contributed by atoms with Crippen molar-refractivity contribution in [2.45, 2.75) is 43.7 Å². The fourth-order valence-corrected chi connectivity index (χ4v) is 12.9. The molecule has 2 unspecified atom stereocenters. The summed E-state index contributed by atoms with van der Waals surface area (Å²) in [6.45, 7) is -0.461. The fourth-order valence-electron chi connectivity index (χ4n) is 10.2. The third kappa shape index (κ3) is 11.9. The van der Waals surface area contributed by atoms with Gasteiger partial charge in [0, 0.05) is 25.2 Å². The molecule has 0 fully saturated rings. The summed E-state index contributed by atoms with van der Waals surface area (Å²) in [5, 5.41) is 81.4. The van der Waals surface area contributed by atoms with Crippen LogP contribution in [0.1, 0.15) is 48.5 Å². The Labute approximate surface area is 488 Å². The normalized spacial score (nSPS) is 13.2. The van der Waals surface area contributed by atoms with Gasteiger partial charge in [-0.25, -0.2) is 21.6 Å². The van der Waals surface area contributed by atoms with E-state index in [0.29, 0.717) is 11.5 Å². The first-order valence-corrected chi connectivity index (χ1v) is 29.4. The van der Waals surface area contributed by atoms with Crippen molar-refractivity contribution in [2.24, 2.45) is 0 Å². The molecule has 9 aromatic rings. The van der Waals surface area contributed by atoms with E-state index < -0.39 is 54.9 Å². The van der Waals surface area contributed by atoms with Crippen LogP contribution in [0.3, 0.4) is 0 Å². The highest BCUT2D eigenvalue weighted by atomic mass is 32.2. The molecule has 0 saturated heterocycles. The van der Waals surface area contributed by atoms with Crippen molar-refractivity contribution in [3.05, 3.63) is 233 Å². The van der Waals surface area contributed by atoms with Crippen molar-refractivity contribution < 1.29 is 71.6 Å². The van der Waals surface area contributed by atoms with Gasteiger partial charge in [-0.3, -0.25) is 4.79 Å². The summed E-state index contributed by atoms with van der Waals surface area (Å²) in [7, 11) is -8.39. The molecule has 12 N–H and O–H groups in total. The zero-order valence-electron chi connectivity index (χ0n) is 45.0. The Balaban J connectivity index is 0.778. The monoisotopic (exact) mass is 1180 g/mol. The quantitative estimate of drug-likeness (QED) is 0.0224. The molecule has 0 saturated carbocycles. The number of aromatic hydroxyl groups is 4. The molecule has 0 aliphatic heterocycles. The van der Waals surface area contributed by atoms with Gasteiger partial charge in [-0.15, -0.1) is 0 Å². The van der Waals surface area contributed by atoms with E-state index in [4.69, 9.17) is 15.2 Å². The number of aliphatic hydroxyl groups excluding tert-OH is 2. The second-order valence-electron chi connectivity index (χ2n) is 20.0. The first-order chi connectivity index (χ1) is 40.7. The van der Waals surface area contributed by atoms with Gasteiger partial charge < -0.3 is 66.9 Å². The molecule has 0 spiro atoms. The van der Waals surface area contributed by atoms with Crippen molar-refractivity contribution in [3.63, 3.8) is 0 Å². The molecule has 0 aromatic heterocycles. The summed E-state index contributed by atoms with van der Waals surface area (Å²) in [6, 6.07) is 51.1. The van der Waals surface area contributed by atoms with Gasteiger partial charge in [0.2, 0.25) is 19.7 Å². The van der Waals surface area contributed by atoms with E-state index in [1.54, 1.807) is 0 Å². The first-order valence-electron chi connectivity index (χ1n) is 26.4. The van der Waals surface area contributed by atoms with Crippen LogP contribution in [-0.4, -0.2) is 103 Å². The molecule has 9 aromatic carbocycles. The molecule has 0 heterocycles. The van der Waals surface area contributed by atoms with E-state index >= 15 is 0 Å². The highest BCUT2D eigenvalue weighted by Gasteiger charge is 2.46. The number of carboxylic acid groups (broad SMARTS) is 1. The number of benzene rings is 9. The average Bonchev–Trinajstić information content (AvgIpc) is 1.63. The maximum absolute atomic E-state index is 13.9. The number of phenols is 4. The molecule has 2 atom stereocenters. The van der Waals surface area contributed by atoms with Gasteiger partial charge in [-0.1, -0.05) is 84.9 Å². The largest absolute Gasteiger partial charge is 0.508 e. The number of aliphatic hydroxyl groups is 2. The van der Waals surface area contributed by atoms with E-state index in [2.05, 4.69) is 40.2 Å². The molecule has 0 radical (unpaired) electrons. The number of carboxylic acids is 1. The van der Waals surface area contributed by atoms with Crippen LogP contribution < -0.4 is 31.2 Å². The van der Waals surface area contributed by atoms with Gasteiger partial charge >= 0.3 is 5.97 Å². The molecule has 1 amide bonds. The second kappa shape index (κ2) is 24.1. The van der Waals surface area contributed by atoms with Gasteiger partial charge in [0.05, 0.1) is 53.2 Å². The number of phenolic OH excluding ortho intramolecular Hbond substituents is 4. The first kappa shape index (κ1) is 58.3. The summed E-state index contributed by atoms with van der Waals surface area (Å²) >= 11 is 0. The maximum Gasteiger partial charge on any atom is 0.336 e. The third-order valence-corrected chi connectivity index (χ3v) is 18.0. The summed E-state index contributed by atoms with van der Waals surface area (Å²) in [5.74, 6) is -2.49. The predicted octanol–water partition coefficient (Wildman–Crippen LogP) is 8.45. The smallest absolute Gasteiger partial charge is 0.336 e. The molecule has 434 valence electrons. The van der Waals surface area contributed by atoms with Crippen LogP contribution in [-0.2, 0) is 31.6 Å². The molecule has 85 heavy (non-hydrogen) atoms. The molecular formula is C64H56N4O15S2. The average molecular weight is 1190 g/mol. The second-order valence-corrected chi connectivity index (χ2v) is 23.9. The molecular weight excluding hydrogens is 1130 g/mol. The zero-order chi connectivity index (χ0) is 60.2. The van der Waals surface area contributed by atoms with Crippen LogP contribution in [0.5, 0.6) is 34.5 Å². The number of anilines is 3. The lowest BCUT2D eigenvalue weighted by Crippen LogP contribution is -2.31. The number of nitrogen functional groups attached to an aromatic ring is 1. The number of aromatic carboxylic acids is 1. The SMILES string of the molecule is Nc1cc(S(=O)(=O)c2ccc(O)c(NCC(O)COc3ccc(C4(c5ccc(OCC(O)CNCc6cc(S(=O)(=O)c7ccc(O)c(NC(=O)c8ccccc8C(=O)O)c7)ccc6O)cc5)c5ccccc5-c5ccccc54)cc3)c2)ccc1O. The highest BCUT2D eigenvalue weighted by molar-refractivity contribution is 7.91. The zero-order valence-corrected chi connectivity index (χ0v) is 46.6. The molecule has 21 heteroatoms. The Bertz CT molecular complexity index is 4190. The summed E-state index contributed by atoms with van der Waals surface area (Å²) in [6.07, 6.45) is -2.14. The summed E-state index contributed by atoms with van der Waals surface area (Å²) in [4.78, 5) is 23.9. The molecule has 1 aliphatic carbocycles. The standard InChI is InChI=1S/C64H56N4O15S2/c65-55-30-46(22-26-59(55)72)85(80,81)47-23-27-60(73)56(31-47)67-35-42(70)37-83-44-19-15-40(16-20-44)64(53-11-5-3-7-49(53)50-8-4-6-12-54(50)64)39-13-17-43(18-14-39)82-36-41(69)34-66-33-38-29-45(21-25-58(38)71)84(78,79)48-24-28-61(74)57(32-48)68-62(75)51-9-1-2-10-52(51)63(76)77/h1-32,41-42,66-67,69-74H,33-37,65H2,(H,68,75)(H,76,77). The van der Waals surface area contributed by atoms with E-state index in [0.717, 1.165) is 57.6 Å². The number of sulfone groups is 2. The van der Waals surface area contributed by atoms with Crippen LogP contribution in [0.15, 0.2) is 214 Å². The van der Waals surface area contributed by atoms with Crippen molar-refractivity contribution in [3.8, 4) is 45.6 Å². The lowest BCUT2D eigenvalue weighted by molar-refractivity contribution is 0.0692. The Morgan fingerprint density at radius 1 is 0.506 bits per heavy atom. The Hall–Kier alpha value is -9.90. The Kier molecular flexibility index (Phi) is 16.6. The number of nitrogens with one attached hydrogen (secondary N) is 3. The van der Waals surface area contributed by atoms with Crippen molar-refractivity contribution in [2.75, 3.05) is 42.7 Å². The van der Waals surface area contributed by atoms with Gasteiger partial charge in [0.15, 0.2) is 0 Å². The topological polar surface area (TPSA) is 325 Å². The minimum atomic E-state index is -4.31. The van der Waals surface area contributed by atoms with E-state index in [9.17, 15) is 62.2 Å². The number of fused-ring (bicyclic) bond motifs is 3. The van der Waals surface area contributed by atoms with Crippen LogP contribution >= 0.6 is 0 Å². The number of nitrogens with two attached hydrogens (primary N) is 1. The van der Waals surface area contributed by atoms with E-state index in [1.807, 2.05) is 72.8 Å². The minimum Gasteiger partial charge on any atom is -0.508 e. The Morgan fingerprint density at radius 3 is 1.49 bits per heavy atom. The van der Waals surface area contributed by atoms with Crippen LogP contribution in [0.25, 0.3) is 11.1 Å². The van der Waals surface area contributed by atoms with Gasteiger partial charge in [-0.05, 0) is 143 Å². The van der Waals surface area contributed by atoms with Crippen molar-refractivity contribution >= 4 is 48.6 Å². The number of rotatable bonds is 22. The van der Waals surface area contributed by atoms with Crippen LogP contribution in [0.2, 0.25) is 0 Å². The molecule has 10 rings (SSSR count). The molecule has 19 nitrogen and oxygen atoms in total. The van der Waals surface area contributed by atoms with Crippen molar-refractivity contribution in [1.29, 1.82) is 0 Å². The minimum absolute atomic E-state index is 0.0132. The highest BCUT2D eigenvalue weighted by Crippen LogP contribution is 2.56. The summed E-state index contributed by atoms with van der Waals surface area (Å²) in [5.41, 5.74) is 10.3. The van der Waals surface area contributed by atoms with Gasteiger partial charge in [-0.2, -0.15) is 0 Å².